The van der Waals surface area contributed by atoms with E-state index in [4.69, 9.17) is 14.6 Å². The summed E-state index contributed by atoms with van der Waals surface area (Å²) in [7, 11) is 3.07. The van der Waals surface area contributed by atoms with Gasteiger partial charge in [-0.15, -0.1) is 0 Å². The van der Waals surface area contributed by atoms with E-state index in [0.717, 1.165) is 0 Å². The average molecular weight is 318 g/mol. The number of carbonyl (C=O) groups is 1. The minimum atomic E-state index is -0.414. The summed E-state index contributed by atoms with van der Waals surface area (Å²) in [6, 6.07) is 4.60. The summed E-state index contributed by atoms with van der Waals surface area (Å²) in [6.45, 7) is 0.0937. The van der Waals surface area contributed by atoms with Gasteiger partial charge in [0.2, 0.25) is 0 Å². The third kappa shape index (κ3) is 3.97. The van der Waals surface area contributed by atoms with Gasteiger partial charge in [-0.3, -0.25) is 4.79 Å². The van der Waals surface area contributed by atoms with Crippen molar-refractivity contribution in [2.45, 2.75) is 6.04 Å². The van der Waals surface area contributed by atoms with Crippen LogP contribution in [0.5, 0.6) is 5.75 Å². The highest BCUT2D eigenvalue weighted by Gasteiger charge is 2.14. The summed E-state index contributed by atoms with van der Waals surface area (Å²) in [5, 5.41) is 11.7. The quantitative estimate of drug-likeness (QED) is 0.827. The fraction of sp³-hybridized carbons (Fsp3) is 0.417. The van der Waals surface area contributed by atoms with Gasteiger partial charge in [0.15, 0.2) is 0 Å². The lowest BCUT2D eigenvalue weighted by molar-refractivity contribution is 0.0839. The van der Waals surface area contributed by atoms with Crippen LogP contribution in [0.3, 0.4) is 0 Å². The molecule has 100 valence electrons. The zero-order chi connectivity index (χ0) is 13.5. The van der Waals surface area contributed by atoms with E-state index in [1.807, 2.05) is 0 Å². The topological polar surface area (TPSA) is 67.8 Å². The Labute approximate surface area is 114 Å². The molecule has 1 amide bonds. The lowest BCUT2D eigenvalue weighted by Gasteiger charge is -2.15. The van der Waals surface area contributed by atoms with Crippen LogP contribution in [-0.2, 0) is 4.74 Å². The molecule has 18 heavy (non-hydrogen) atoms. The second-order valence-electron chi connectivity index (χ2n) is 3.66. The van der Waals surface area contributed by atoms with Gasteiger partial charge >= 0.3 is 0 Å². The van der Waals surface area contributed by atoms with Crippen molar-refractivity contribution in [3.05, 3.63) is 28.2 Å². The number of halogens is 1. The minimum absolute atomic E-state index is 0.170. The van der Waals surface area contributed by atoms with Gasteiger partial charge in [0, 0.05) is 12.7 Å². The number of nitrogens with one attached hydrogen (secondary N) is 1. The number of aliphatic hydroxyl groups is 1. The Balaban J connectivity index is 2.74. The first-order chi connectivity index (χ1) is 8.62. The number of hydrogen-bond acceptors (Lipinski definition) is 4. The highest BCUT2D eigenvalue weighted by molar-refractivity contribution is 9.10. The van der Waals surface area contributed by atoms with Gasteiger partial charge in [-0.1, -0.05) is 0 Å². The molecule has 0 heterocycles. The van der Waals surface area contributed by atoms with Crippen molar-refractivity contribution in [3.8, 4) is 5.75 Å². The van der Waals surface area contributed by atoms with Crippen molar-refractivity contribution in [2.24, 2.45) is 0 Å². The fourth-order valence-electron chi connectivity index (χ4n) is 1.42. The van der Waals surface area contributed by atoms with Gasteiger partial charge < -0.3 is 19.9 Å². The van der Waals surface area contributed by atoms with Crippen LogP contribution in [0.4, 0.5) is 0 Å². The first kappa shape index (κ1) is 14.9. The average Bonchev–Trinajstić information content (AvgIpc) is 2.37. The Morgan fingerprint density at radius 1 is 1.50 bits per heavy atom. The smallest absolute Gasteiger partial charge is 0.251 e. The van der Waals surface area contributed by atoms with E-state index in [2.05, 4.69) is 21.2 Å². The highest BCUT2D eigenvalue weighted by atomic mass is 79.9. The summed E-state index contributed by atoms with van der Waals surface area (Å²) in [5.41, 5.74) is 0.484. The van der Waals surface area contributed by atoms with Gasteiger partial charge in [-0.05, 0) is 34.1 Å². The molecule has 0 aliphatic carbocycles. The predicted octanol–water partition coefficient (Wildman–Crippen LogP) is 1.19. The summed E-state index contributed by atoms with van der Waals surface area (Å²) >= 11 is 3.31. The lowest BCUT2D eigenvalue weighted by Crippen LogP contribution is -2.40. The van der Waals surface area contributed by atoms with E-state index in [0.29, 0.717) is 15.8 Å². The molecule has 2 N–H and O–H groups in total. The number of hydrogen-bond donors (Lipinski definition) is 2. The number of methoxy groups -OCH3 is 2. The maximum Gasteiger partial charge on any atom is 0.251 e. The van der Waals surface area contributed by atoms with Gasteiger partial charge in [0.05, 0.1) is 30.8 Å². The molecule has 0 saturated carbocycles. The van der Waals surface area contributed by atoms with E-state index >= 15 is 0 Å². The highest BCUT2D eigenvalue weighted by Crippen LogP contribution is 2.25. The standard InChI is InChI=1S/C12H16BrNO4/c1-17-7-9(6-15)14-12(16)8-3-4-11(18-2)10(13)5-8/h3-5,9,15H,6-7H2,1-2H3,(H,14,16). The molecule has 1 unspecified atom stereocenters. The van der Waals surface area contributed by atoms with Crippen molar-refractivity contribution in [1.82, 2.24) is 5.32 Å². The zero-order valence-electron chi connectivity index (χ0n) is 10.3. The molecule has 1 aromatic carbocycles. The molecule has 1 atom stereocenters. The Morgan fingerprint density at radius 3 is 2.72 bits per heavy atom. The maximum atomic E-state index is 11.9. The maximum absolute atomic E-state index is 11.9. The molecule has 0 aliphatic rings. The van der Waals surface area contributed by atoms with E-state index in [1.165, 1.54) is 7.11 Å². The molecule has 0 fully saturated rings. The molecule has 0 spiro atoms. The van der Waals surface area contributed by atoms with Crippen molar-refractivity contribution in [3.63, 3.8) is 0 Å². The van der Waals surface area contributed by atoms with Crippen LogP contribution < -0.4 is 10.1 Å². The first-order valence-electron chi connectivity index (χ1n) is 5.36. The zero-order valence-corrected chi connectivity index (χ0v) is 11.9. The van der Waals surface area contributed by atoms with Crippen LogP contribution in [0, 0.1) is 0 Å². The van der Waals surface area contributed by atoms with Gasteiger partial charge in [0.1, 0.15) is 5.75 Å². The minimum Gasteiger partial charge on any atom is -0.496 e. The van der Waals surface area contributed by atoms with Crippen molar-refractivity contribution < 1.29 is 19.4 Å². The van der Waals surface area contributed by atoms with Crippen molar-refractivity contribution in [1.29, 1.82) is 0 Å². The van der Waals surface area contributed by atoms with E-state index in [-0.39, 0.29) is 19.1 Å². The molecular formula is C12H16BrNO4. The van der Waals surface area contributed by atoms with Crippen molar-refractivity contribution in [2.75, 3.05) is 27.4 Å². The van der Waals surface area contributed by atoms with Crippen molar-refractivity contribution >= 4 is 21.8 Å². The van der Waals surface area contributed by atoms with Crippen LogP contribution in [0.1, 0.15) is 10.4 Å². The molecule has 0 bridgehead atoms. The lowest BCUT2D eigenvalue weighted by atomic mass is 10.2. The number of aliphatic hydroxyl groups excluding tert-OH is 1. The molecule has 1 aromatic rings. The number of amides is 1. The van der Waals surface area contributed by atoms with Crippen LogP contribution in [-0.4, -0.2) is 44.5 Å². The van der Waals surface area contributed by atoms with Gasteiger partial charge in [-0.25, -0.2) is 0 Å². The Kier molecular flexibility index (Phi) is 6.11. The van der Waals surface area contributed by atoms with E-state index in [1.54, 1.807) is 25.3 Å². The Morgan fingerprint density at radius 2 is 2.22 bits per heavy atom. The number of benzene rings is 1. The van der Waals surface area contributed by atoms with Gasteiger partial charge in [-0.2, -0.15) is 0 Å². The third-order valence-electron chi connectivity index (χ3n) is 2.34. The second-order valence-corrected chi connectivity index (χ2v) is 4.51. The summed E-state index contributed by atoms with van der Waals surface area (Å²) in [6.07, 6.45) is 0. The predicted molar refractivity (Wildman–Crippen MR) is 70.9 cm³/mol. The summed E-state index contributed by atoms with van der Waals surface area (Å²) in [5.74, 6) is 0.386. The molecule has 0 radical (unpaired) electrons. The molecule has 5 nitrogen and oxygen atoms in total. The van der Waals surface area contributed by atoms with Crippen LogP contribution in [0.25, 0.3) is 0 Å². The summed E-state index contributed by atoms with van der Waals surface area (Å²) < 4.78 is 10.7. The SMILES string of the molecule is COCC(CO)NC(=O)c1ccc(OC)c(Br)c1. The van der Waals surface area contributed by atoms with Gasteiger partial charge in [0.25, 0.3) is 5.91 Å². The molecule has 0 saturated heterocycles. The van der Waals surface area contributed by atoms with Crippen LogP contribution in [0.2, 0.25) is 0 Å². The third-order valence-corrected chi connectivity index (χ3v) is 2.96. The molecular weight excluding hydrogens is 302 g/mol. The first-order valence-corrected chi connectivity index (χ1v) is 6.15. The number of carbonyl (C=O) groups excluding carboxylic acids is 1. The molecule has 0 aromatic heterocycles. The number of ether oxygens (including phenoxy) is 2. The second kappa shape index (κ2) is 7.35. The monoisotopic (exact) mass is 317 g/mol. The largest absolute Gasteiger partial charge is 0.496 e. The Hall–Kier alpha value is -1.11. The number of rotatable bonds is 6. The molecule has 1 rings (SSSR count). The van der Waals surface area contributed by atoms with E-state index in [9.17, 15) is 4.79 Å². The molecule has 0 aliphatic heterocycles. The van der Waals surface area contributed by atoms with E-state index < -0.39 is 6.04 Å². The normalized spacial score (nSPS) is 12.0. The summed E-state index contributed by atoms with van der Waals surface area (Å²) in [4.78, 5) is 11.9. The molecule has 6 heteroatoms. The van der Waals surface area contributed by atoms with Crippen LogP contribution >= 0.6 is 15.9 Å². The Bertz CT molecular complexity index is 411. The fourth-order valence-corrected chi connectivity index (χ4v) is 1.96. The van der Waals surface area contributed by atoms with Crippen LogP contribution in [0.15, 0.2) is 22.7 Å².